The molecule has 0 saturated carbocycles. The van der Waals surface area contributed by atoms with Crippen LogP contribution in [0.1, 0.15) is 36.8 Å². The number of ether oxygens (including phenoxy) is 1. The van der Waals surface area contributed by atoms with Crippen LogP contribution in [0.15, 0.2) is 24.3 Å². The van der Waals surface area contributed by atoms with Gasteiger partial charge in [0.1, 0.15) is 5.60 Å². The molecule has 0 bridgehead atoms. The lowest BCUT2D eigenvalue weighted by Crippen LogP contribution is -2.53. The zero-order valence-electron chi connectivity index (χ0n) is 14.6. The first-order chi connectivity index (χ1) is 11.7. The molecule has 1 aromatic rings. The monoisotopic (exact) mass is 331 g/mol. The Balaban J connectivity index is 1.51. The Bertz CT molecular complexity index is 532. The lowest BCUT2D eigenvalue weighted by molar-refractivity contribution is -0.146. The number of amides is 1. The fourth-order valence-electron chi connectivity index (χ4n) is 3.66. The Kier molecular flexibility index (Phi) is 5.87. The molecule has 1 amide bonds. The van der Waals surface area contributed by atoms with Crippen molar-refractivity contribution in [3.63, 3.8) is 0 Å². The van der Waals surface area contributed by atoms with Gasteiger partial charge in [-0.3, -0.25) is 9.69 Å². The predicted octanol–water partition coefficient (Wildman–Crippen LogP) is 1.67. The average Bonchev–Trinajstić information content (AvgIpc) is 3.14. The maximum atomic E-state index is 12.6. The third kappa shape index (κ3) is 4.15. The van der Waals surface area contributed by atoms with Gasteiger partial charge in [0.15, 0.2) is 0 Å². The number of hydrogen-bond donors (Lipinski definition) is 2. The Morgan fingerprint density at radius 2 is 1.79 bits per heavy atom. The van der Waals surface area contributed by atoms with Crippen molar-refractivity contribution in [3.8, 4) is 0 Å². The molecule has 24 heavy (non-hydrogen) atoms. The van der Waals surface area contributed by atoms with Crippen molar-refractivity contribution < 1.29 is 9.53 Å². The second kappa shape index (κ2) is 8.10. The van der Waals surface area contributed by atoms with Gasteiger partial charge in [-0.25, -0.2) is 0 Å². The van der Waals surface area contributed by atoms with Gasteiger partial charge < -0.3 is 15.4 Å². The van der Waals surface area contributed by atoms with Crippen molar-refractivity contribution in [2.75, 3.05) is 33.3 Å². The van der Waals surface area contributed by atoms with Crippen LogP contribution in [0.3, 0.4) is 0 Å². The van der Waals surface area contributed by atoms with Crippen LogP contribution in [0.25, 0.3) is 0 Å². The zero-order valence-corrected chi connectivity index (χ0v) is 14.6. The summed E-state index contributed by atoms with van der Waals surface area (Å²) in [4.78, 5) is 15.0. The van der Waals surface area contributed by atoms with Crippen molar-refractivity contribution in [1.82, 2.24) is 15.5 Å². The first-order valence-corrected chi connectivity index (χ1v) is 9.06. The summed E-state index contributed by atoms with van der Waals surface area (Å²) in [6.45, 7) is 5.67. The van der Waals surface area contributed by atoms with Crippen LogP contribution >= 0.6 is 0 Å². The Hall–Kier alpha value is -1.43. The number of likely N-dealkylation sites (tertiary alicyclic amines) is 1. The third-order valence-electron chi connectivity index (χ3n) is 5.30. The van der Waals surface area contributed by atoms with Gasteiger partial charge >= 0.3 is 0 Å². The molecule has 2 heterocycles. The second-order valence-electron chi connectivity index (χ2n) is 6.93. The highest BCUT2D eigenvalue weighted by Gasteiger charge is 2.39. The van der Waals surface area contributed by atoms with Crippen LogP contribution in [0.2, 0.25) is 0 Å². The lowest BCUT2D eigenvalue weighted by atomic mass is 9.91. The van der Waals surface area contributed by atoms with E-state index in [1.54, 1.807) is 7.11 Å². The summed E-state index contributed by atoms with van der Waals surface area (Å²) in [5.41, 5.74) is 1.81. The minimum atomic E-state index is -0.666. The third-order valence-corrected chi connectivity index (χ3v) is 5.30. The maximum Gasteiger partial charge on any atom is 0.252 e. The molecule has 0 atom stereocenters. The number of nitrogens with one attached hydrogen (secondary N) is 2. The Labute approximate surface area is 144 Å². The van der Waals surface area contributed by atoms with Crippen LogP contribution in [-0.2, 0) is 22.6 Å². The molecule has 0 spiro atoms. The molecule has 3 rings (SSSR count). The summed E-state index contributed by atoms with van der Waals surface area (Å²) >= 11 is 0. The molecule has 0 unspecified atom stereocenters. The van der Waals surface area contributed by atoms with Crippen LogP contribution in [0.5, 0.6) is 0 Å². The van der Waals surface area contributed by atoms with E-state index in [0.29, 0.717) is 6.54 Å². The second-order valence-corrected chi connectivity index (χ2v) is 6.93. The molecule has 2 aliphatic rings. The van der Waals surface area contributed by atoms with E-state index in [1.165, 1.54) is 31.5 Å². The van der Waals surface area contributed by atoms with Gasteiger partial charge in [0.2, 0.25) is 0 Å². The first-order valence-electron chi connectivity index (χ1n) is 9.06. The van der Waals surface area contributed by atoms with Crippen molar-refractivity contribution in [2.24, 2.45) is 0 Å². The summed E-state index contributed by atoms with van der Waals surface area (Å²) in [6, 6.07) is 8.59. The molecule has 0 aliphatic carbocycles. The van der Waals surface area contributed by atoms with Gasteiger partial charge in [-0.15, -0.1) is 0 Å². The smallest absolute Gasteiger partial charge is 0.252 e. The number of nitrogens with zero attached hydrogens (tertiary/aromatic N) is 1. The van der Waals surface area contributed by atoms with E-state index >= 15 is 0 Å². The van der Waals surface area contributed by atoms with Gasteiger partial charge in [0, 0.05) is 20.2 Å². The number of hydrogen-bond acceptors (Lipinski definition) is 4. The largest absolute Gasteiger partial charge is 0.368 e. The van der Waals surface area contributed by atoms with Crippen molar-refractivity contribution in [1.29, 1.82) is 0 Å². The van der Waals surface area contributed by atoms with E-state index in [2.05, 4.69) is 39.8 Å². The van der Waals surface area contributed by atoms with E-state index < -0.39 is 5.60 Å². The summed E-state index contributed by atoms with van der Waals surface area (Å²) < 4.78 is 5.56. The number of rotatable bonds is 6. The van der Waals surface area contributed by atoms with E-state index in [1.807, 2.05) is 0 Å². The summed E-state index contributed by atoms with van der Waals surface area (Å²) in [5, 5.41) is 6.33. The van der Waals surface area contributed by atoms with E-state index in [4.69, 9.17) is 4.74 Å². The fourth-order valence-corrected chi connectivity index (χ4v) is 3.66. The van der Waals surface area contributed by atoms with Crippen LogP contribution in [0, 0.1) is 0 Å². The number of methoxy groups -OCH3 is 1. The highest BCUT2D eigenvalue weighted by molar-refractivity contribution is 5.85. The highest BCUT2D eigenvalue weighted by atomic mass is 16.5. The minimum absolute atomic E-state index is 0.00708. The van der Waals surface area contributed by atoms with Gasteiger partial charge in [-0.2, -0.15) is 0 Å². The van der Waals surface area contributed by atoms with Crippen LogP contribution < -0.4 is 10.6 Å². The molecule has 5 nitrogen and oxygen atoms in total. The Morgan fingerprint density at radius 3 is 2.42 bits per heavy atom. The summed E-state index contributed by atoms with van der Waals surface area (Å²) in [6.07, 6.45) is 4.09. The molecule has 2 N–H and O–H groups in total. The number of carbonyl (C=O) groups excluding carboxylic acids is 1. The highest BCUT2D eigenvalue weighted by Crippen LogP contribution is 2.22. The molecule has 2 saturated heterocycles. The molecule has 2 fully saturated rings. The van der Waals surface area contributed by atoms with E-state index in [9.17, 15) is 4.79 Å². The van der Waals surface area contributed by atoms with Crippen LogP contribution in [-0.4, -0.2) is 49.7 Å². The van der Waals surface area contributed by atoms with Gasteiger partial charge in [0.05, 0.1) is 0 Å². The Morgan fingerprint density at radius 1 is 1.17 bits per heavy atom. The first kappa shape index (κ1) is 17.4. The standard InChI is InChI=1S/C19H29N3O2/c1-24-19(8-10-20-11-9-19)18(23)21-14-16-4-6-17(7-5-16)15-22-12-2-3-13-22/h4-7,20H,2-3,8-15H2,1H3,(H,21,23). The molecular formula is C19H29N3O2. The molecule has 2 aliphatic heterocycles. The normalized spacial score (nSPS) is 20.9. The molecule has 0 radical (unpaired) electrons. The zero-order chi connectivity index (χ0) is 16.8. The number of benzene rings is 1. The number of carbonyl (C=O) groups is 1. The molecular weight excluding hydrogens is 302 g/mol. The topological polar surface area (TPSA) is 53.6 Å². The average molecular weight is 331 g/mol. The van der Waals surface area contributed by atoms with Crippen LogP contribution in [0.4, 0.5) is 0 Å². The van der Waals surface area contributed by atoms with Crippen molar-refractivity contribution in [3.05, 3.63) is 35.4 Å². The van der Waals surface area contributed by atoms with Crippen molar-refractivity contribution >= 4 is 5.91 Å². The number of piperidine rings is 1. The quantitative estimate of drug-likeness (QED) is 0.833. The fraction of sp³-hybridized carbons (Fsp3) is 0.632. The molecule has 1 aromatic carbocycles. The summed E-state index contributed by atoms with van der Waals surface area (Å²) in [7, 11) is 1.64. The molecule has 5 heteroatoms. The molecule has 132 valence electrons. The van der Waals surface area contributed by atoms with Gasteiger partial charge in [0.25, 0.3) is 5.91 Å². The minimum Gasteiger partial charge on any atom is -0.368 e. The molecule has 0 aromatic heterocycles. The van der Waals surface area contributed by atoms with Gasteiger partial charge in [-0.1, -0.05) is 24.3 Å². The SMILES string of the molecule is COC1(C(=O)NCc2ccc(CN3CCCC3)cc2)CCNCC1. The summed E-state index contributed by atoms with van der Waals surface area (Å²) in [5.74, 6) is 0.00708. The van der Waals surface area contributed by atoms with Gasteiger partial charge in [-0.05, 0) is 63.0 Å². The predicted molar refractivity (Wildman–Crippen MR) is 94.6 cm³/mol. The van der Waals surface area contributed by atoms with E-state index in [0.717, 1.165) is 38.0 Å². The maximum absolute atomic E-state index is 12.6. The lowest BCUT2D eigenvalue weighted by Gasteiger charge is -2.34. The van der Waals surface area contributed by atoms with Crippen molar-refractivity contribution in [2.45, 2.75) is 44.4 Å². The van der Waals surface area contributed by atoms with E-state index in [-0.39, 0.29) is 5.91 Å².